The number of benzene rings is 1. The Hall–Kier alpha value is -2.30. The van der Waals surface area contributed by atoms with Crippen LogP contribution < -0.4 is 10.6 Å². The van der Waals surface area contributed by atoms with Gasteiger partial charge in [0.1, 0.15) is 0 Å². The first-order chi connectivity index (χ1) is 15.6. The van der Waals surface area contributed by atoms with E-state index < -0.39 is 48.8 Å². The Labute approximate surface area is 202 Å². The quantitative estimate of drug-likeness (QED) is 0.394. The number of amides is 2. The first-order valence-electron chi connectivity index (χ1n) is 10.5. The van der Waals surface area contributed by atoms with Crippen LogP contribution in [0.15, 0.2) is 18.2 Å². The molecule has 0 saturated carbocycles. The Morgan fingerprint density at radius 3 is 2.55 bits per heavy atom. The van der Waals surface area contributed by atoms with Crippen LogP contribution in [0.5, 0.6) is 0 Å². The average Bonchev–Trinajstić information content (AvgIpc) is 2.77. The van der Waals surface area contributed by atoms with Crippen molar-refractivity contribution in [3.63, 3.8) is 0 Å². The van der Waals surface area contributed by atoms with Gasteiger partial charge >= 0.3 is 13.1 Å². The van der Waals surface area contributed by atoms with Crippen LogP contribution in [0.25, 0.3) is 0 Å². The number of carbonyl (C=O) groups excluding carboxylic acids is 4. The van der Waals surface area contributed by atoms with E-state index in [1.54, 1.807) is 13.0 Å². The van der Waals surface area contributed by atoms with Gasteiger partial charge in [-0.05, 0) is 37.0 Å². The van der Waals surface area contributed by atoms with Crippen molar-refractivity contribution in [3.05, 3.63) is 33.8 Å². The lowest BCUT2D eigenvalue weighted by Gasteiger charge is -2.35. The molecule has 1 aromatic rings. The van der Waals surface area contributed by atoms with E-state index >= 15 is 0 Å². The number of ether oxygens (including phenoxy) is 1. The highest BCUT2D eigenvalue weighted by molar-refractivity contribution is 6.50. The van der Waals surface area contributed by atoms with Crippen LogP contribution in [0.4, 0.5) is 0 Å². The van der Waals surface area contributed by atoms with E-state index in [2.05, 4.69) is 10.6 Å². The molecule has 0 unspecified atom stereocenters. The van der Waals surface area contributed by atoms with Gasteiger partial charge in [-0.1, -0.05) is 44.0 Å². The minimum Gasteiger partial charge on any atom is -0.508 e. The monoisotopic (exact) mass is 500 g/mol. The van der Waals surface area contributed by atoms with Crippen molar-refractivity contribution in [2.45, 2.75) is 45.7 Å². The van der Waals surface area contributed by atoms with Crippen molar-refractivity contribution in [1.29, 1.82) is 0 Å². The maximum absolute atomic E-state index is 12.6. The summed E-state index contributed by atoms with van der Waals surface area (Å²) in [7, 11) is 0.0177. The third-order valence-electron chi connectivity index (χ3n) is 5.04. The Morgan fingerprint density at radius 1 is 1.24 bits per heavy atom. The van der Waals surface area contributed by atoms with Crippen LogP contribution >= 0.6 is 23.2 Å². The number of hydrogen-bond donors (Lipinski definition) is 2. The number of nitrogens with one attached hydrogen (secondary N) is 2. The lowest BCUT2D eigenvalue weighted by molar-refractivity contribution is -0.167. The minimum atomic E-state index is -1.19. The summed E-state index contributed by atoms with van der Waals surface area (Å²) in [6.45, 7) is 5.20. The lowest BCUT2D eigenvalue weighted by atomic mass is 9.71. The van der Waals surface area contributed by atoms with Crippen molar-refractivity contribution in [2.75, 3.05) is 13.7 Å². The number of esters is 1. The first kappa shape index (κ1) is 27.0. The number of rotatable bonds is 9. The summed E-state index contributed by atoms with van der Waals surface area (Å²) in [6.07, 6.45) is -0.421. The van der Waals surface area contributed by atoms with Crippen molar-refractivity contribution >= 4 is 54.1 Å². The zero-order chi connectivity index (χ0) is 24.7. The van der Waals surface area contributed by atoms with E-state index in [0.29, 0.717) is 17.9 Å². The SMILES string of the molecule is CC[C@H]1C(=O)OB([C@H](CC(C)C)NC(=O)CNC(=O)c2cc(Cl)ccc2Cl)O[C@H]1C(=O)OC. The minimum absolute atomic E-state index is 0.0953. The maximum atomic E-state index is 12.6. The molecule has 0 bridgehead atoms. The summed E-state index contributed by atoms with van der Waals surface area (Å²) in [6, 6.07) is 4.42. The molecule has 9 nitrogen and oxygen atoms in total. The molecule has 0 aliphatic carbocycles. The van der Waals surface area contributed by atoms with Crippen molar-refractivity contribution in [2.24, 2.45) is 11.8 Å². The third kappa shape index (κ3) is 7.35. The normalized spacial score (nSPS) is 19.0. The van der Waals surface area contributed by atoms with E-state index in [-0.39, 0.29) is 23.0 Å². The van der Waals surface area contributed by atoms with Crippen LogP contribution in [0.3, 0.4) is 0 Å². The Balaban J connectivity index is 2.07. The fourth-order valence-corrected chi connectivity index (χ4v) is 3.79. The average molecular weight is 501 g/mol. The van der Waals surface area contributed by atoms with Crippen molar-refractivity contribution in [3.8, 4) is 0 Å². The second kappa shape index (κ2) is 12.2. The van der Waals surface area contributed by atoms with E-state index in [1.807, 2.05) is 13.8 Å². The smallest absolute Gasteiger partial charge is 0.508 e. The molecular weight excluding hydrogens is 474 g/mol. The third-order valence-corrected chi connectivity index (χ3v) is 5.60. The highest BCUT2D eigenvalue weighted by Crippen LogP contribution is 2.25. The van der Waals surface area contributed by atoms with E-state index in [4.69, 9.17) is 37.2 Å². The van der Waals surface area contributed by atoms with Gasteiger partial charge in [0.2, 0.25) is 5.91 Å². The van der Waals surface area contributed by atoms with Crippen LogP contribution in [0.1, 0.15) is 44.0 Å². The molecule has 1 aromatic carbocycles. The lowest BCUT2D eigenvalue weighted by Crippen LogP contribution is -2.59. The summed E-state index contributed by atoms with van der Waals surface area (Å²) < 4.78 is 15.9. The molecule has 2 amide bonds. The molecule has 2 N–H and O–H groups in total. The van der Waals surface area contributed by atoms with Gasteiger partial charge in [-0.25, -0.2) is 4.79 Å². The predicted octanol–water partition coefficient (Wildman–Crippen LogP) is 2.42. The molecule has 1 fully saturated rings. The van der Waals surface area contributed by atoms with Crippen LogP contribution in [0, 0.1) is 11.8 Å². The van der Waals surface area contributed by atoms with Gasteiger partial charge in [0.15, 0.2) is 6.10 Å². The van der Waals surface area contributed by atoms with Crippen molar-refractivity contribution < 1.29 is 33.2 Å². The van der Waals surface area contributed by atoms with Gasteiger partial charge in [-0.15, -0.1) is 0 Å². The van der Waals surface area contributed by atoms with Crippen LogP contribution in [-0.2, 0) is 28.4 Å². The summed E-state index contributed by atoms with van der Waals surface area (Å²) in [5, 5.41) is 5.71. The fourth-order valence-electron chi connectivity index (χ4n) is 3.42. The number of halogens is 2. The molecule has 2 rings (SSSR count). The molecule has 12 heteroatoms. The molecule has 180 valence electrons. The molecule has 1 heterocycles. The molecule has 1 aliphatic rings. The molecule has 0 spiro atoms. The predicted molar refractivity (Wildman–Crippen MR) is 123 cm³/mol. The number of methoxy groups -OCH3 is 1. The summed E-state index contributed by atoms with van der Waals surface area (Å²) >= 11 is 11.9. The molecule has 1 aliphatic heterocycles. The Kier molecular flexibility index (Phi) is 10.0. The molecule has 1 saturated heterocycles. The van der Waals surface area contributed by atoms with Crippen LogP contribution in [-0.4, -0.2) is 56.6 Å². The maximum Gasteiger partial charge on any atom is 0.551 e. The summed E-state index contributed by atoms with van der Waals surface area (Å²) in [5.41, 5.74) is 0.131. The zero-order valence-corrected chi connectivity index (χ0v) is 20.4. The molecule has 0 radical (unpaired) electrons. The van der Waals surface area contributed by atoms with Crippen molar-refractivity contribution in [1.82, 2.24) is 10.6 Å². The number of carbonyl (C=O) groups is 4. The second-order valence-corrected chi connectivity index (χ2v) is 8.85. The highest BCUT2D eigenvalue weighted by atomic mass is 35.5. The number of hydrogen-bond acceptors (Lipinski definition) is 7. The van der Waals surface area contributed by atoms with Gasteiger partial charge in [0.05, 0.1) is 36.1 Å². The fraction of sp³-hybridized carbons (Fsp3) is 0.524. The Bertz CT molecular complexity index is 899. The van der Waals surface area contributed by atoms with Gasteiger partial charge in [0.25, 0.3) is 11.9 Å². The second-order valence-electron chi connectivity index (χ2n) is 8.01. The molecule has 3 atom stereocenters. The highest BCUT2D eigenvalue weighted by Gasteiger charge is 2.49. The topological polar surface area (TPSA) is 120 Å². The van der Waals surface area contributed by atoms with E-state index in [1.165, 1.54) is 19.2 Å². The largest absolute Gasteiger partial charge is 0.551 e. The van der Waals surface area contributed by atoms with Crippen LogP contribution in [0.2, 0.25) is 10.0 Å². The first-order valence-corrected chi connectivity index (χ1v) is 11.3. The van der Waals surface area contributed by atoms with Gasteiger partial charge < -0.3 is 24.7 Å². The van der Waals surface area contributed by atoms with E-state index in [0.717, 1.165) is 0 Å². The van der Waals surface area contributed by atoms with Gasteiger partial charge in [-0.3, -0.25) is 14.4 Å². The molecular formula is C21H27BCl2N2O7. The zero-order valence-electron chi connectivity index (χ0n) is 18.9. The Morgan fingerprint density at radius 2 is 1.94 bits per heavy atom. The standard InChI is InChI=1S/C21H27BCl2N2O7/c1-5-13-18(21(30)31-4)32-22(33-20(13)29)16(8-11(2)3)26-17(27)10-25-19(28)14-9-12(23)6-7-15(14)24/h6-7,9,11,13,16,18H,5,8,10H2,1-4H3,(H,25,28)(H,26,27)/t13-,16+,18-/m1/s1. The van der Waals surface area contributed by atoms with E-state index in [9.17, 15) is 19.2 Å². The summed E-state index contributed by atoms with van der Waals surface area (Å²) in [4.78, 5) is 49.6. The molecule has 33 heavy (non-hydrogen) atoms. The summed E-state index contributed by atoms with van der Waals surface area (Å²) in [5.74, 6) is -3.87. The molecule has 0 aromatic heterocycles. The van der Waals surface area contributed by atoms with Gasteiger partial charge in [-0.2, -0.15) is 0 Å². The van der Waals surface area contributed by atoms with Gasteiger partial charge in [0, 0.05) is 5.02 Å².